The second-order valence-corrected chi connectivity index (χ2v) is 3.71. The van der Waals surface area contributed by atoms with Crippen molar-refractivity contribution in [2.45, 2.75) is 18.2 Å². The van der Waals surface area contributed by atoms with Crippen molar-refractivity contribution in [2.24, 2.45) is 5.73 Å². The van der Waals surface area contributed by atoms with Crippen LogP contribution in [0.2, 0.25) is 0 Å². The molecule has 0 fully saturated rings. The Morgan fingerprint density at radius 2 is 2.27 bits per heavy atom. The second kappa shape index (κ2) is 6.19. The molecule has 0 aliphatic carbocycles. The van der Waals surface area contributed by atoms with Crippen LogP contribution >= 0.6 is 11.9 Å². The van der Waals surface area contributed by atoms with Crippen LogP contribution in [0, 0.1) is 0 Å². The molecule has 0 spiro atoms. The van der Waals surface area contributed by atoms with Crippen LogP contribution in [0.25, 0.3) is 0 Å². The van der Waals surface area contributed by atoms with Gasteiger partial charge in [-0.1, -0.05) is 19.1 Å². The number of carbonyl (C=O) groups is 1. The average molecular weight is 226 g/mol. The van der Waals surface area contributed by atoms with Crippen LogP contribution in [0.15, 0.2) is 29.2 Å². The lowest BCUT2D eigenvalue weighted by Crippen LogP contribution is -2.22. The summed E-state index contributed by atoms with van der Waals surface area (Å²) < 4.78 is 7.96. The Labute approximate surface area is 93.3 Å². The van der Waals surface area contributed by atoms with E-state index in [9.17, 15) is 4.79 Å². The fourth-order valence-corrected chi connectivity index (χ4v) is 1.56. The average Bonchev–Trinajstić information content (AvgIpc) is 2.24. The van der Waals surface area contributed by atoms with Crippen LogP contribution in [0.3, 0.4) is 0 Å². The van der Waals surface area contributed by atoms with Gasteiger partial charge in [0, 0.05) is 0 Å². The zero-order valence-corrected chi connectivity index (χ0v) is 9.34. The highest BCUT2D eigenvalue weighted by atomic mass is 32.2. The quantitative estimate of drug-likeness (QED) is 0.756. The molecule has 0 bridgehead atoms. The molecule has 0 atom stereocenters. The molecule has 82 valence electrons. The molecule has 0 radical (unpaired) electrons. The Balaban J connectivity index is 2.63. The van der Waals surface area contributed by atoms with E-state index in [0.29, 0.717) is 6.61 Å². The molecule has 3 N–H and O–H groups in total. The molecule has 2 amide bonds. The van der Waals surface area contributed by atoms with Gasteiger partial charge in [0.2, 0.25) is 0 Å². The largest absolute Gasteiger partial charge is 0.492 e. The van der Waals surface area contributed by atoms with E-state index in [4.69, 9.17) is 10.5 Å². The lowest BCUT2D eigenvalue weighted by Gasteiger charge is -2.09. The van der Waals surface area contributed by atoms with Crippen molar-refractivity contribution in [3.63, 3.8) is 0 Å². The number of primary amides is 1. The summed E-state index contributed by atoms with van der Waals surface area (Å²) in [5.41, 5.74) is 4.98. The second-order valence-electron chi connectivity index (χ2n) is 2.86. The maximum absolute atomic E-state index is 10.5. The number of urea groups is 1. The summed E-state index contributed by atoms with van der Waals surface area (Å²) in [7, 11) is 0. The number of benzene rings is 1. The summed E-state index contributed by atoms with van der Waals surface area (Å²) in [6.07, 6.45) is 0.947. The maximum atomic E-state index is 10.5. The van der Waals surface area contributed by atoms with Gasteiger partial charge in [0.1, 0.15) is 5.75 Å². The number of nitrogens with two attached hydrogens (primary N) is 1. The first kappa shape index (κ1) is 11.7. The molecule has 4 nitrogen and oxygen atoms in total. The first-order valence-corrected chi connectivity index (χ1v) is 5.49. The van der Waals surface area contributed by atoms with Crippen LogP contribution in [0.1, 0.15) is 13.3 Å². The zero-order valence-electron chi connectivity index (χ0n) is 8.53. The molecule has 1 rings (SSSR count). The van der Waals surface area contributed by atoms with Crippen molar-refractivity contribution in [3.05, 3.63) is 24.3 Å². The molecular weight excluding hydrogens is 212 g/mol. The summed E-state index contributed by atoms with van der Waals surface area (Å²) in [4.78, 5) is 11.4. The Kier molecular flexibility index (Phi) is 4.83. The van der Waals surface area contributed by atoms with E-state index < -0.39 is 6.03 Å². The van der Waals surface area contributed by atoms with Gasteiger partial charge >= 0.3 is 6.03 Å². The number of amides is 2. The zero-order chi connectivity index (χ0) is 11.1. The molecule has 0 aliphatic heterocycles. The predicted molar refractivity (Wildman–Crippen MR) is 60.8 cm³/mol. The van der Waals surface area contributed by atoms with Crippen molar-refractivity contribution in [3.8, 4) is 5.75 Å². The Hall–Kier alpha value is -1.36. The fraction of sp³-hybridized carbons (Fsp3) is 0.300. The number of carbonyl (C=O) groups excluding carboxylic acids is 1. The van der Waals surface area contributed by atoms with Gasteiger partial charge in [-0.2, -0.15) is 0 Å². The third-order valence-electron chi connectivity index (χ3n) is 1.57. The van der Waals surface area contributed by atoms with E-state index in [0.717, 1.165) is 29.0 Å². The van der Waals surface area contributed by atoms with Gasteiger partial charge < -0.3 is 10.5 Å². The van der Waals surface area contributed by atoms with Gasteiger partial charge in [-0.15, -0.1) is 0 Å². The van der Waals surface area contributed by atoms with Crippen molar-refractivity contribution in [1.82, 2.24) is 4.72 Å². The van der Waals surface area contributed by atoms with Crippen molar-refractivity contribution in [2.75, 3.05) is 6.61 Å². The van der Waals surface area contributed by atoms with E-state index in [1.807, 2.05) is 31.2 Å². The molecule has 0 aliphatic rings. The topological polar surface area (TPSA) is 64.3 Å². The highest BCUT2D eigenvalue weighted by Gasteiger charge is 2.03. The van der Waals surface area contributed by atoms with Gasteiger partial charge in [0.05, 0.1) is 11.5 Å². The highest BCUT2D eigenvalue weighted by Crippen LogP contribution is 2.26. The summed E-state index contributed by atoms with van der Waals surface area (Å²) in [6.45, 7) is 2.70. The molecule has 0 saturated heterocycles. The van der Waals surface area contributed by atoms with Gasteiger partial charge in [-0.3, -0.25) is 4.72 Å². The van der Waals surface area contributed by atoms with Crippen LogP contribution in [0.4, 0.5) is 4.79 Å². The van der Waals surface area contributed by atoms with Crippen LogP contribution in [0.5, 0.6) is 5.75 Å². The molecular formula is C10H14N2O2S. The normalized spacial score (nSPS) is 9.67. The minimum absolute atomic E-state index is 0.565. The SMILES string of the molecule is CCCOc1ccccc1SNC(N)=O. The number of rotatable bonds is 5. The summed E-state index contributed by atoms with van der Waals surface area (Å²) in [5.74, 6) is 0.762. The number of para-hydroxylation sites is 1. The van der Waals surface area contributed by atoms with E-state index >= 15 is 0 Å². The Bertz CT molecular complexity index is 331. The van der Waals surface area contributed by atoms with E-state index in [2.05, 4.69) is 4.72 Å². The number of ether oxygens (including phenoxy) is 1. The third-order valence-corrected chi connectivity index (χ3v) is 2.43. The van der Waals surface area contributed by atoms with E-state index in [-0.39, 0.29) is 0 Å². The van der Waals surface area contributed by atoms with E-state index in [1.165, 1.54) is 0 Å². The number of hydrogen-bond donors (Lipinski definition) is 2. The van der Waals surface area contributed by atoms with Crippen molar-refractivity contribution >= 4 is 18.0 Å². The Morgan fingerprint density at radius 1 is 1.53 bits per heavy atom. The van der Waals surface area contributed by atoms with Gasteiger partial charge in [0.25, 0.3) is 0 Å². The molecule has 0 saturated carbocycles. The minimum Gasteiger partial charge on any atom is -0.492 e. The maximum Gasteiger partial charge on any atom is 0.322 e. The molecule has 0 aromatic heterocycles. The summed E-state index contributed by atoms with van der Waals surface area (Å²) >= 11 is 1.16. The third kappa shape index (κ3) is 4.12. The monoisotopic (exact) mass is 226 g/mol. The van der Waals surface area contributed by atoms with E-state index in [1.54, 1.807) is 0 Å². The van der Waals surface area contributed by atoms with Gasteiger partial charge in [0.15, 0.2) is 0 Å². The lowest BCUT2D eigenvalue weighted by atomic mass is 10.3. The van der Waals surface area contributed by atoms with Gasteiger partial charge in [-0.05, 0) is 30.5 Å². The highest BCUT2D eigenvalue weighted by molar-refractivity contribution is 7.98. The standard InChI is InChI=1S/C10H14N2O2S/c1-2-7-14-8-5-3-4-6-9(8)15-12-10(11)13/h3-6H,2,7H2,1H3,(H3,11,12,13). The van der Waals surface area contributed by atoms with Crippen molar-refractivity contribution in [1.29, 1.82) is 0 Å². The summed E-state index contributed by atoms with van der Waals surface area (Å²) in [5, 5.41) is 0. The van der Waals surface area contributed by atoms with Crippen LogP contribution < -0.4 is 15.2 Å². The van der Waals surface area contributed by atoms with Crippen LogP contribution in [-0.4, -0.2) is 12.6 Å². The summed E-state index contributed by atoms with van der Waals surface area (Å²) in [6, 6.07) is 6.93. The minimum atomic E-state index is -0.565. The fourth-order valence-electron chi connectivity index (χ4n) is 0.971. The predicted octanol–water partition coefficient (Wildman–Crippen LogP) is 2.15. The molecule has 1 aromatic rings. The molecule has 5 heteroatoms. The molecule has 0 heterocycles. The smallest absolute Gasteiger partial charge is 0.322 e. The lowest BCUT2D eigenvalue weighted by molar-refractivity contribution is 0.254. The van der Waals surface area contributed by atoms with Crippen LogP contribution in [-0.2, 0) is 0 Å². The van der Waals surface area contributed by atoms with Crippen molar-refractivity contribution < 1.29 is 9.53 Å². The first-order valence-electron chi connectivity index (χ1n) is 4.68. The molecule has 0 unspecified atom stereocenters. The molecule has 1 aromatic carbocycles. The molecule has 15 heavy (non-hydrogen) atoms. The number of hydrogen-bond acceptors (Lipinski definition) is 3. The first-order chi connectivity index (χ1) is 7.24. The number of nitrogens with one attached hydrogen (secondary N) is 1. The Morgan fingerprint density at radius 3 is 2.93 bits per heavy atom. The van der Waals surface area contributed by atoms with Gasteiger partial charge in [-0.25, -0.2) is 4.79 Å².